The van der Waals surface area contributed by atoms with Crippen molar-refractivity contribution in [3.63, 3.8) is 0 Å². The molecule has 6 rings (SSSR count). The normalized spacial score (nSPS) is 14.1. The molecule has 39 heavy (non-hydrogen) atoms. The summed E-state index contributed by atoms with van der Waals surface area (Å²) in [6.45, 7) is 0.0315. The SMILES string of the molecule is COc1ccc([C@@H]2c3ccc(O)cc3Oc3ncn4nc(CO/N=C\c5ccccc5Cl)nc4c32)cc1OC. The molecule has 3 heterocycles. The molecule has 0 bridgehead atoms. The lowest BCUT2D eigenvalue weighted by molar-refractivity contribution is 0.126. The number of halogens is 1. The lowest BCUT2D eigenvalue weighted by Gasteiger charge is -2.28. The van der Waals surface area contributed by atoms with E-state index in [9.17, 15) is 5.11 Å². The Bertz CT molecular complexity index is 1720. The maximum absolute atomic E-state index is 10.1. The molecule has 1 aliphatic rings. The van der Waals surface area contributed by atoms with Crippen LogP contribution in [0.1, 0.15) is 34.0 Å². The molecule has 0 spiro atoms. The molecule has 0 saturated carbocycles. The molecule has 10 nitrogen and oxygen atoms in total. The van der Waals surface area contributed by atoms with Crippen molar-refractivity contribution in [2.24, 2.45) is 5.16 Å². The molecular formula is C28H22ClN5O5. The van der Waals surface area contributed by atoms with E-state index in [1.807, 2.05) is 42.5 Å². The second-order valence-corrected chi connectivity index (χ2v) is 9.07. The fourth-order valence-electron chi connectivity index (χ4n) is 4.56. The highest BCUT2D eigenvalue weighted by atomic mass is 35.5. The van der Waals surface area contributed by atoms with Crippen molar-refractivity contribution in [1.29, 1.82) is 0 Å². The zero-order valence-electron chi connectivity index (χ0n) is 20.9. The van der Waals surface area contributed by atoms with E-state index in [1.165, 1.54) is 12.5 Å². The Morgan fingerprint density at radius 2 is 1.92 bits per heavy atom. The van der Waals surface area contributed by atoms with Crippen LogP contribution in [0.15, 0.2) is 72.1 Å². The van der Waals surface area contributed by atoms with Gasteiger partial charge in [0.1, 0.15) is 17.8 Å². The van der Waals surface area contributed by atoms with E-state index in [2.05, 4.69) is 15.2 Å². The first-order chi connectivity index (χ1) is 19.1. The highest BCUT2D eigenvalue weighted by Gasteiger charge is 2.34. The smallest absolute Gasteiger partial charge is 0.228 e. The van der Waals surface area contributed by atoms with Crippen LogP contribution < -0.4 is 14.2 Å². The number of oxime groups is 1. The van der Waals surface area contributed by atoms with Gasteiger partial charge in [0.25, 0.3) is 0 Å². The molecule has 1 aliphatic heterocycles. The van der Waals surface area contributed by atoms with Crippen LogP contribution in [0.5, 0.6) is 28.9 Å². The molecule has 0 amide bonds. The average molecular weight is 544 g/mol. The third-order valence-electron chi connectivity index (χ3n) is 6.34. The van der Waals surface area contributed by atoms with Crippen LogP contribution in [0.4, 0.5) is 0 Å². The molecule has 1 N–H and O–H groups in total. The van der Waals surface area contributed by atoms with Crippen molar-refractivity contribution in [3.8, 4) is 28.9 Å². The molecule has 2 aromatic heterocycles. The Morgan fingerprint density at radius 3 is 2.74 bits per heavy atom. The predicted molar refractivity (Wildman–Crippen MR) is 143 cm³/mol. The van der Waals surface area contributed by atoms with Crippen LogP contribution in [0, 0.1) is 0 Å². The topological polar surface area (TPSA) is 113 Å². The maximum atomic E-state index is 10.1. The number of benzene rings is 3. The summed E-state index contributed by atoms with van der Waals surface area (Å²) in [5, 5.41) is 19.2. The molecule has 11 heteroatoms. The number of aromatic hydroxyl groups is 1. The minimum absolute atomic E-state index is 0.0315. The fourth-order valence-corrected chi connectivity index (χ4v) is 4.74. The standard InChI is InChI=1S/C28H22ClN5O5/c1-36-21-10-7-16(11-23(21)37-2)25-19-9-8-18(35)12-22(19)39-28-26(25)27-32-24(33-34(27)15-30-28)14-38-31-13-17-5-3-4-6-20(17)29/h3-13,15,25,35H,14H2,1-2H3/b31-13-/t25-/m1/s1. The summed E-state index contributed by atoms with van der Waals surface area (Å²) >= 11 is 6.16. The number of hydrogen-bond donors (Lipinski definition) is 1. The van der Waals surface area contributed by atoms with Crippen LogP contribution in [-0.2, 0) is 11.4 Å². The van der Waals surface area contributed by atoms with E-state index in [1.54, 1.807) is 36.9 Å². The predicted octanol–water partition coefficient (Wildman–Crippen LogP) is 5.34. The second-order valence-electron chi connectivity index (χ2n) is 8.66. The zero-order valence-corrected chi connectivity index (χ0v) is 21.7. The summed E-state index contributed by atoms with van der Waals surface area (Å²) in [7, 11) is 3.18. The zero-order chi connectivity index (χ0) is 26.9. The number of aromatic nitrogens is 4. The molecule has 0 fully saturated rings. The molecule has 0 unspecified atom stereocenters. The number of nitrogens with zero attached hydrogens (tertiary/aromatic N) is 5. The van der Waals surface area contributed by atoms with Gasteiger partial charge in [-0.05, 0) is 29.8 Å². The van der Waals surface area contributed by atoms with Gasteiger partial charge in [-0.15, -0.1) is 5.10 Å². The Balaban J connectivity index is 1.40. The van der Waals surface area contributed by atoms with Crippen LogP contribution in [-0.4, -0.2) is 45.1 Å². The van der Waals surface area contributed by atoms with Crippen LogP contribution in [0.2, 0.25) is 5.02 Å². The second kappa shape index (κ2) is 10.1. The Labute approximate surface area is 228 Å². The van der Waals surface area contributed by atoms with Gasteiger partial charge in [0.2, 0.25) is 5.88 Å². The van der Waals surface area contributed by atoms with Gasteiger partial charge in [0.05, 0.1) is 26.0 Å². The van der Waals surface area contributed by atoms with E-state index >= 15 is 0 Å². The van der Waals surface area contributed by atoms with Gasteiger partial charge in [-0.2, -0.15) is 0 Å². The van der Waals surface area contributed by atoms with Crippen LogP contribution >= 0.6 is 11.6 Å². The van der Waals surface area contributed by atoms with Crippen molar-refractivity contribution in [2.75, 3.05) is 14.2 Å². The van der Waals surface area contributed by atoms with E-state index in [0.29, 0.717) is 45.2 Å². The Kier molecular flexibility index (Phi) is 6.37. The lowest BCUT2D eigenvalue weighted by Crippen LogP contribution is -2.15. The number of phenols is 1. The summed E-state index contributed by atoms with van der Waals surface area (Å²) in [6.07, 6.45) is 3.06. The molecule has 5 aromatic rings. The summed E-state index contributed by atoms with van der Waals surface area (Å²) < 4.78 is 18.7. The first kappa shape index (κ1) is 24.5. The Hall–Kier alpha value is -4.83. The molecule has 0 radical (unpaired) electrons. The fraction of sp³-hybridized carbons (Fsp3) is 0.143. The maximum Gasteiger partial charge on any atom is 0.228 e. The van der Waals surface area contributed by atoms with Gasteiger partial charge in [-0.3, -0.25) is 0 Å². The van der Waals surface area contributed by atoms with Gasteiger partial charge in [-0.1, -0.05) is 47.1 Å². The summed E-state index contributed by atoms with van der Waals surface area (Å²) in [5.74, 6) is 2.18. The van der Waals surface area contributed by atoms with Crippen molar-refractivity contribution in [2.45, 2.75) is 12.5 Å². The Morgan fingerprint density at radius 1 is 1.08 bits per heavy atom. The molecule has 3 aromatic carbocycles. The number of rotatable bonds is 7. The van der Waals surface area contributed by atoms with Crippen LogP contribution in [0.25, 0.3) is 5.65 Å². The van der Waals surface area contributed by atoms with E-state index in [-0.39, 0.29) is 18.3 Å². The first-order valence-corrected chi connectivity index (χ1v) is 12.3. The lowest BCUT2D eigenvalue weighted by atomic mass is 9.83. The third kappa shape index (κ3) is 4.55. The monoisotopic (exact) mass is 543 g/mol. The summed E-state index contributed by atoms with van der Waals surface area (Å²) in [5.41, 5.74) is 3.71. The van der Waals surface area contributed by atoms with Crippen molar-refractivity contribution < 1.29 is 24.2 Å². The van der Waals surface area contributed by atoms with Gasteiger partial charge in [0.15, 0.2) is 29.6 Å². The molecule has 1 atom stereocenters. The summed E-state index contributed by atoms with van der Waals surface area (Å²) in [6, 6.07) is 18.0. The number of ether oxygens (including phenoxy) is 3. The highest BCUT2D eigenvalue weighted by Crippen LogP contribution is 2.49. The largest absolute Gasteiger partial charge is 0.508 e. The van der Waals surface area contributed by atoms with Crippen molar-refractivity contribution in [1.82, 2.24) is 19.6 Å². The number of methoxy groups -OCH3 is 2. The van der Waals surface area contributed by atoms with Crippen molar-refractivity contribution >= 4 is 23.5 Å². The highest BCUT2D eigenvalue weighted by molar-refractivity contribution is 6.33. The molecule has 0 saturated heterocycles. The van der Waals surface area contributed by atoms with E-state index in [0.717, 1.165) is 16.7 Å². The van der Waals surface area contributed by atoms with Gasteiger partial charge >= 0.3 is 0 Å². The molecule has 196 valence electrons. The van der Waals surface area contributed by atoms with E-state index in [4.69, 9.17) is 35.6 Å². The van der Waals surface area contributed by atoms with Gasteiger partial charge in [-0.25, -0.2) is 14.5 Å². The quantitative estimate of drug-likeness (QED) is 0.212. The minimum Gasteiger partial charge on any atom is -0.508 e. The summed E-state index contributed by atoms with van der Waals surface area (Å²) in [4.78, 5) is 14.7. The number of phenolic OH excluding ortho intramolecular Hbond substituents is 1. The first-order valence-electron chi connectivity index (χ1n) is 11.9. The van der Waals surface area contributed by atoms with Crippen molar-refractivity contribution in [3.05, 3.63) is 100 Å². The third-order valence-corrected chi connectivity index (χ3v) is 6.68. The van der Waals surface area contributed by atoms with E-state index < -0.39 is 0 Å². The number of hydrogen-bond acceptors (Lipinski definition) is 9. The van der Waals surface area contributed by atoms with Crippen LogP contribution in [0.3, 0.4) is 0 Å². The number of fused-ring (bicyclic) bond motifs is 4. The van der Waals surface area contributed by atoms with Gasteiger partial charge in [0, 0.05) is 28.1 Å². The minimum atomic E-state index is -0.350. The van der Waals surface area contributed by atoms with Gasteiger partial charge < -0.3 is 24.2 Å². The average Bonchev–Trinajstić information content (AvgIpc) is 3.37. The molecule has 0 aliphatic carbocycles. The molecular weight excluding hydrogens is 522 g/mol.